The number of carbonyl (C=O) groups is 1. The highest BCUT2D eigenvalue weighted by Gasteiger charge is 2.43. The summed E-state index contributed by atoms with van der Waals surface area (Å²) in [7, 11) is 0. The maximum absolute atomic E-state index is 12.7. The molecular formula is C16H19N5O2S. The largest absolute Gasteiger partial charge is 0.379 e. The molecule has 1 atom stereocenters. The van der Waals surface area contributed by atoms with Crippen molar-refractivity contribution in [3.63, 3.8) is 0 Å². The molecule has 4 heterocycles. The minimum Gasteiger partial charge on any atom is -0.379 e. The zero-order valence-corrected chi connectivity index (χ0v) is 14.1. The van der Waals surface area contributed by atoms with Crippen LogP contribution in [0.1, 0.15) is 16.9 Å². The number of rotatable bonds is 2. The van der Waals surface area contributed by atoms with E-state index < -0.39 is 0 Å². The number of hydrogen-bond donors (Lipinski definition) is 0. The molecule has 2 aromatic rings. The summed E-state index contributed by atoms with van der Waals surface area (Å²) in [6.45, 7) is 4.22. The van der Waals surface area contributed by atoms with Gasteiger partial charge >= 0.3 is 0 Å². The van der Waals surface area contributed by atoms with Crippen LogP contribution in [0.4, 0.5) is 5.95 Å². The Hall–Kier alpha value is -2.06. The van der Waals surface area contributed by atoms with Crippen LogP contribution in [0.25, 0.3) is 0 Å². The first kappa shape index (κ1) is 15.5. The van der Waals surface area contributed by atoms with Gasteiger partial charge in [-0.1, -0.05) is 0 Å². The summed E-state index contributed by atoms with van der Waals surface area (Å²) in [5.74, 6) is 0.742. The Kier molecular flexibility index (Phi) is 4.15. The van der Waals surface area contributed by atoms with E-state index in [4.69, 9.17) is 4.74 Å². The van der Waals surface area contributed by atoms with Crippen LogP contribution in [0.2, 0.25) is 0 Å². The summed E-state index contributed by atoms with van der Waals surface area (Å²) >= 11 is 1.44. The Balaban J connectivity index is 1.51. The van der Waals surface area contributed by atoms with E-state index in [0.29, 0.717) is 32.0 Å². The van der Waals surface area contributed by atoms with Crippen LogP contribution in [0.15, 0.2) is 29.4 Å². The van der Waals surface area contributed by atoms with Crippen molar-refractivity contribution in [1.29, 1.82) is 0 Å². The Morgan fingerprint density at radius 1 is 1.21 bits per heavy atom. The number of amides is 1. The monoisotopic (exact) mass is 345 g/mol. The van der Waals surface area contributed by atoms with Gasteiger partial charge < -0.3 is 14.5 Å². The summed E-state index contributed by atoms with van der Waals surface area (Å²) < 4.78 is 5.84. The van der Waals surface area contributed by atoms with Gasteiger partial charge in [-0.15, -0.1) is 11.3 Å². The first-order valence-corrected chi connectivity index (χ1v) is 8.97. The lowest BCUT2D eigenvalue weighted by molar-refractivity contribution is 0.0686. The molecule has 0 bridgehead atoms. The van der Waals surface area contributed by atoms with E-state index in [1.54, 1.807) is 23.3 Å². The highest BCUT2D eigenvalue weighted by Crippen LogP contribution is 2.35. The van der Waals surface area contributed by atoms with E-state index in [9.17, 15) is 4.79 Å². The van der Waals surface area contributed by atoms with Crippen LogP contribution in [-0.4, -0.2) is 65.2 Å². The summed E-state index contributed by atoms with van der Waals surface area (Å²) in [6, 6.07) is 1.82. The maximum atomic E-state index is 12.7. The molecule has 1 spiro atoms. The molecule has 2 saturated heterocycles. The molecule has 0 saturated carbocycles. The van der Waals surface area contributed by atoms with Gasteiger partial charge in [0, 0.05) is 49.4 Å². The SMILES string of the molecule is O=C(c1cscn1)N1CCOCC2(CCN(c3ncccn3)C2)C1. The lowest BCUT2D eigenvalue weighted by Gasteiger charge is -2.31. The third-order valence-corrected chi connectivity index (χ3v) is 5.24. The summed E-state index contributed by atoms with van der Waals surface area (Å²) in [4.78, 5) is 29.6. The smallest absolute Gasteiger partial charge is 0.273 e. The number of ether oxygens (including phenoxy) is 1. The third kappa shape index (κ3) is 2.99. The quantitative estimate of drug-likeness (QED) is 0.817. The average Bonchev–Trinajstić information content (AvgIpc) is 3.24. The molecule has 8 heteroatoms. The fourth-order valence-electron chi connectivity index (χ4n) is 3.45. The van der Waals surface area contributed by atoms with Gasteiger partial charge in [0.2, 0.25) is 5.95 Å². The van der Waals surface area contributed by atoms with Crippen molar-refractivity contribution in [2.24, 2.45) is 5.41 Å². The molecule has 24 heavy (non-hydrogen) atoms. The molecule has 1 amide bonds. The number of anilines is 1. The number of thiazole rings is 1. The molecule has 0 N–H and O–H groups in total. The average molecular weight is 345 g/mol. The Morgan fingerprint density at radius 3 is 2.88 bits per heavy atom. The Labute approximate surface area is 144 Å². The third-order valence-electron chi connectivity index (χ3n) is 4.65. The molecule has 1 unspecified atom stereocenters. The fraction of sp³-hybridized carbons (Fsp3) is 0.500. The number of aromatic nitrogens is 3. The van der Waals surface area contributed by atoms with Crippen molar-refractivity contribution >= 4 is 23.2 Å². The number of carbonyl (C=O) groups excluding carboxylic acids is 1. The predicted octanol–water partition coefficient (Wildman–Crippen LogP) is 1.30. The molecule has 4 rings (SSSR count). The van der Waals surface area contributed by atoms with Crippen molar-refractivity contribution < 1.29 is 9.53 Å². The van der Waals surface area contributed by atoms with E-state index in [1.807, 2.05) is 11.0 Å². The van der Waals surface area contributed by atoms with Gasteiger partial charge in [0.25, 0.3) is 5.91 Å². The fourth-order valence-corrected chi connectivity index (χ4v) is 3.98. The minimum atomic E-state index is -0.0681. The van der Waals surface area contributed by atoms with E-state index in [2.05, 4.69) is 19.9 Å². The molecule has 2 aliphatic heterocycles. The molecular weight excluding hydrogens is 326 g/mol. The molecule has 2 aliphatic rings. The number of hydrogen-bond acceptors (Lipinski definition) is 7. The first-order chi connectivity index (χ1) is 11.8. The molecule has 2 aromatic heterocycles. The van der Waals surface area contributed by atoms with Crippen LogP contribution >= 0.6 is 11.3 Å². The molecule has 0 radical (unpaired) electrons. The lowest BCUT2D eigenvalue weighted by atomic mass is 9.87. The highest BCUT2D eigenvalue weighted by atomic mass is 32.1. The molecule has 7 nitrogen and oxygen atoms in total. The van der Waals surface area contributed by atoms with Crippen molar-refractivity contribution in [2.75, 3.05) is 44.3 Å². The van der Waals surface area contributed by atoms with Crippen molar-refractivity contribution in [2.45, 2.75) is 6.42 Å². The van der Waals surface area contributed by atoms with Crippen LogP contribution in [-0.2, 0) is 4.74 Å². The second-order valence-corrected chi connectivity index (χ2v) is 7.09. The van der Waals surface area contributed by atoms with Gasteiger partial charge in [-0.3, -0.25) is 4.79 Å². The minimum absolute atomic E-state index is 0.00413. The van der Waals surface area contributed by atoms with Gasteiger partial charge in [0.1, 0.15) is 5.69 Å². The van der Waals surface area contributed by atoms with Crippen LogP contribution in [0.5, 0.6) is 0 Å². The standard InChI is InChI=1S/C16H19N5O2S/c22-14(13-8-24-12-19-13)20-6-7-23-11-16(9-20)2-5-21(10-16)15-17-3-1-4-18-15/h1,3-4,8,12H,2,5-7,9-11H2. The van der Waals surface area contributed by atoms with Gasteiger partial charge in [-0.05, 0) is 12.5 Å². The van der Waals surface area contributed by atoms with Gasteiger partial charge in [-0.25, -0.2) is 15.0 Å². The summed E-state index contributed by atoms with van der Waals surface area (Å²) in [6.07, 6.45) is 4.48. The van der Waals surface area contributed by atoms with Gasteiger partial charge in [0.15, 0.2) is 0 Å². The van der Waals surface area contributed by atoms with Gasteiger partial charge in [-0.2, -0.15) is 0 Å². The Bertz CT molecular complexity index is 696. The van der Waals surface area contributed by atoms with Crippen LogP contribution in [0, 0.1) is 5.41 Å². The normalized spacial score (nSPS) is 24.3. The second kappa shape index (κ2) is 6.45. The molecule has 2 fully saturated rings. The van der Waals surface area contributed by atoms with E-state index >= 15 is 0 Å². The molecule has 0 aliphatic carbocycles. The highest BCUT2D eigenvalue weighted by molar-refractivity contribution is 7.07. The van der Waals surface area contributed by atoms with E-state index in [1.165, 1.54) is 11.3 Å². The molecule has 126 valence electrons. The number of nitrogens with zero attached hydrogens (tertiary/aromatic N) is 5. The van der Waals surface area contributed by atoms with Crippen molar-refractivity contribution in [1.82, 2.24) is 19.9 Å². The zero-order valence-electron chi connectivity index (χ0n) is 13.3. The summed E-state index contributed by atoms with van der Waals surface area (Å²) in [5.41, 5.74) is 2.15. The van der Waals surface area contributed by atoms with Gasteiger partial charge in [0.05, 0.1) is 18.7 Å². The van der Waals surface area contributed by atoms with Crippen LogP contribution in [0.3, 0.4) is 0 Å². The topological polar surface area (TPSA) is 71.5 Å². The maximum Gasteiger partial charge on any atom is 0.273 e. The summed E-state index contributed by atoms with van der Waals surface area (Å²) in [5, 5.41) is 1.81. The second-order valence-electron chi connectivity index (χ2n) is 6.37. The van der Waals surface area contributed by atoms with Crippen molar-refractivity contribution in [3.05, 3.63) is 35.0 Å². The Morgan fingerprint density at radius 2 is 2.08 bits per heavy atom. The lowest BCUT2D eigenvalue weighted by Crippen LogP contribution is -2.43. The molecule has 0 aromatic carbocycles. The van der Waals surface area contributed by atoms with Crippen LogP contribution < -0.4 is 4.90 Å². The first-order valence-electron chi connectivity index (χ1n) is 8.03. The predicted molar refractivity (Wildman–Crippen MR) is 90.1 cm³/mol. The van der Waals surface area contributed by atoms with E-state index in [0.717, 1.165) is 25.5 Å². The van der Waals surface area contributed by atoms with Crippen molar-refractivity contribution in [3.8, 4) is 0 Å². The van der Waals surface area contributed by atoms with E-state index in [-0.39, 0.29) is 11.3 Å². The zero-order chi connectivity index (χ0) is 16.4.